The third kappa shape index (κ3) is 5.81. The molecule has 0 radical (unpaired) electrons. The third-order valence-electron chi connectivity index (χ3n) is 4.48. The summed E-state index contributed by atoms with van der Waals surface area (Å²) < 4.78 is 8.87. The number of fused-ring (bicyclic) bond motifs is 1. The van der Waals surface area contributed by atoms with E-state index in [-0.39, 0.29) is 36.4 Å². The number of hydrogen-bond acceptors (Lipinski definition) is 7. The normalized spacial score (nSPS) is 13.4. The Labute approximate surface area is 192 Å². The van der Waals surface area contributed by atoms with Crippen LogP contribution >= 0.6 is 15.9 Å². The van der Waals surface area contributed by atoms with E-state index in [0.717, 1.165) is 5.56 Å². The number of aliphatic hydroxyl groups excluding tert-OH is 1. The maximum Gasteiger partial charge on any atom is 0.329 e. The Bertz CT molecular complexity index is 1240. The second-order valence-corrected chi connectivity index (χ2v) is 8.30. The Morgan fingerprint density at radius 1 is 1.34 bits per heavy atom. The molecule has 32 heavy (non-hydrogen) atoms. The number of halogens is 1. The number of ether oxygens (including phenoxy) is 1. The third-order valence-corrected chi connectivity index (χ3v) is 4.91. The van der Waals surface area contributed by atoms with Crippen LogP contribution in [0.3, 0.4) is 0 Å². The second-order valence-electron chi connectivity index (χ2n) is 7.38. The second kappa shape index (κ2) is 10.5. The highest BCUT2D eigenvalue weighted by molar-refractivity contribution is 9.12. The molecule has 3 N–H and O–H groups in total. The van der Waals surface area contributed by atoms with Gasteiger partial charge in [0.2, 0.25) is 5.95 Å². The lowest BCUT2D eigenvalue weighted by molar-refractivity contribution is -0.000105. The summed E-state index contributed by atoms with van der Waals surface area (Å²) in [5.41, 5.74) is 2.92. The fraction of sp³-hybridized carbons (Fsp3) is 0.333. The van der Waals surface area contributed by atoms with Crippen LogP contribution in [0.2, 0.25) is 0 Å². The number of aromatic amines is 1. The Morgan fingerprint density at radius 2 is 2.06 bits per heavy atom. The number of imidazole rings is 1. The molecule has 0 aliphatic heterocycles. The highest BCUT2D eigenvalue weighted by Gasteiger charge is 2.19. The fourth-order valence-electron chi connectivity index (χ4n) is 2.96. The Hall–Kier alpha value is -3.02. The number of hydrazone groups is 1. The quantitative estimate of drug-likeness (QED) is 0.302. The molecule has 2 aromatic heterocycles. The van der Waals surface area contributed by atoms with Crippen LogP contribution in [-0.2, 0) is 18.3 Å². The number of anilines is 1. The number of benzene rings is 1. The van der Waals surface area contributed by atoms with Gasteiger partial charge in [0.05, 0.1) is 31.6 Å². The summed E-state index contributed by atoms with van der Waals surface area (Å²) in [5, 5.41) is 14.6. The van der Waals surface area contributed by atoms with E-state index >= 15 is 0 Å². The number of aromatic nitrogens is 4. The molecule has 170 valence electrons. The number of aliphatic hydroxyl groups is 1. The minimum absolute atomic E-state index is 0.0172. The van der Waals surface area contributed by atoms with E-state index in [4.69, 9.17) is 4.74 Å². The predicted octanol–water partition coefficient (Wildman–Crippen LogP) is 2.04. The van der Waals surface area contributed by atoms with Gasteiger partial charge in [-0.2, -0.15) is 10.1 Å². The molecule has 0 aliphatic carbocycles. The zero-order valence-electron chi connectivity index (χ0n) is 17.9. The van der Waals surface area contributed by atoms with E-state index in [1.165, 1.54) is 22.4 Å². The van der Waals surface area contributed by atoms with Gasteiger partial charge in [-0.25, -0.2) is 10.2 Å². The average molecular weight is 505 g/mol. The van der Waals surface area contributed by atoms with Crippen molar-refractivity contribution < 1.29 is 9.84 Å². The first-order valence-corrected chi connectivity index (χ1v) is 10.8. The summed E-state index contributed by atoms with van der Waals surface area (Å²) in [6.07, 6.45) is 2.47. The predicted molar refractivity (Wildman–Crippen MR) is 128 cm³/mol. The molecule has 11 heteroatoms. The van der Waals surface area contributed by atoms with Crippen molar-refractivity contribution in [3.63, 3.8) is 0 Å². The molecule has 0 bridgehead atoms. The Kier molecular flexibility index (Phi) is 7.78. The Balaban J connectivity index is 1.92. The summed E-state index contributed by atoms with van der Waals surface area (Å²) in [6, 6.07) is 9.70. The number of nitrogens with zero attached hydrogens (tertiary/aromatic N) is 4. The van der Waals surface area contributed by atoms with Gasteiger partial charge in [-0.05, 0) is 41.4 Å². The first-order chi connectivity index (χ1) is 15.3. The van der Waals surface area contributed by atoms with Gasteiger partial charge in [0, 0.05) is 11.5 Å². The SMILES string of the molecule is CC(C)OCC(O)Cn1c(N/N=C/C(Br)=C/c2ccccc2)nc2c1c(=O)[nH]c(=O)n2C. The van der Waals surface area contributed by atoms with Crippen molar-refractivity contribution in [2.75, 3.05) is 12.0 Å². The summed E-state index contributed by atoms with van der Waals surface area (Å²) >= 11 is 3.44. The molecule has 1 atom stereocenters. The van der Waals surface area contributed by atoms with E-state index in [2.05, 4.69) is 36.4 Å². The molecule has 0 amide bonds. The summed E-state index contributed by atoms with van der Waals surface area (Å²) in [4.78, 5) is 31.1. The fourth-order valence-corrected chi connectivity index (χ4v) is 3.33. The highest BCUT2D eigenvalue weighted by atomic mass is 79.9. The number of H-pyrrole nitrogens is 1. The lowest BCUT2D eigenvalue weighted by atomic mass is 10.2. The zero-order valence-corrected chi connectivity index (χ0v) is 19.5. The van der Waals surface area contributed by atoms with Gasteiger partial charge < -0.3 is 14.4 Å². The lowest BCUT2D eigenvalue weighted by Crippen LogP contribution is -2.30. The Morgan fingerprint density at radius 3 is 2.75 bits per heavy atom. The molecule has 10 nitrogen and oxygen atoms in total. The van der Waals surface area contributed by atoms with E-state index in [1.807, 2.05) is 50.3 Å². The lowest BCUT2D eigenvalue weighted by Gasteiger charge is -2.15. The number of allylic oxidation sites excluding steroid dienone is 1. The minimum atomic E-state index is -0.902. The minimum Gasteiger partial charge on any atom is -0.389 e. The maximum absolute atomic E-state index is 12.5. The smallest absolute Gasteiger partial charge is 0.329 e. The molecule has 0 aliphatic rings. The first kappa shape index (κ1) is 23.6. The van der Waals surface area contributed by atoms with Crippen molar-refractivity contribution in [3.8, 4) is 0 Å². The van der Waals surface area contributed by atoms with Crippen molar-refractivity contribution in [3.05, 3.63) is 61.2 Å². The monoisotopic (exact) mass is 504 g/mol. The number of nitrogens with one attached hydrogen (secondary N) is 2. The van der Waals surface area contributed by atoms with E-state index in [1.54, 1.807) is 0 Å². The summed E-state index contributed by atoms with van der Waals surface area (Å²) in [5.74, 6) is 0.201. The van der Waals surface area contributed by atoms with Gasteiger partial charge in [0.15, 0.2) is 11.2 Å². The molecule has 0 saturated carbocycles. The van der Waals surface area contributed by atoms with Crippen LogP contribution in [-0.4, -0.2) is 49.2 Å². The zero-order chi connectivity index (χ0) is 23.3. The molecule has 0 spiro atoms. The van der Waals surface area contributed by atoms with Crippen molar-refractivity contribution >= 4 is 45.3 Å². The number of aryl methyl sites for hydroxylation is 1. The molecule has 1 unspecified atom stereocenters. The molecule has 1 aromatic carbocycles. The van der Waals surface area contributed by atoms with E-state index < -0.39 is 17.4 Å². The maximum atomic E-state index is 12.5. The van der Waals surface area contributed by atoms with Gasteiger partial charge in [-0.1, -0.05) is 30.3 Å². The van der Waals surface area contributed by atoms with Crippen LogP contribution in [0, 0.1) is 0 Å². The summed E-state index contributed by atoms with van der Waals surface area (Å²) in [7, 11) is 1.50. The van der Waals surface area contributed by atoms with Gasteiger partial charge in [-0.15, -0.1) is 0 Å². The van der Waals surface area contributed by atoms with E-state index in [9.17, 15) is 14.7 Å². The highest BCUT2D eigenvalue weighted by Crippen LogP contribution is 2.17. The molecule has 2 heterocycles. The van der Waals surface area contributed by atoms with Crippen LogP contribution in [0.25, 0.3) is 17.2 Å². The molecular formula is C21H25BrN6O4. The number of hydrogen-bond donors (Lipinski definition) is 3. The average Bonchev–Trinajstić information content (AvgIpc) is 3.10. The van der Waals surface area contributed by atoms with Gasteiger partial charge in [0.1, 0.15) is 0 Å². The molecule has 0 fully saturated rings. The van der Waals surface area contributed by atoms with Crippen LogP contribution in [0.5, 0.6) is 0 Å². The van der Waals surface area contributed by atoms with Gasteiger partial charge >= 0.3 is 5.69 Å². The first-order valence-electron chi connectivity index (χ1n) is 9.96. The molecular weight excluding hydrogens is 480 g/mol. The standard InChI is InChI=1S/C21H25BrN6O4/c1-13(2)32-12-16(29)11-28-17-18(27(3)21(31)25-19(17)30)24-20(28)26-23-10-15(22)9-14-7-5-4-6-8-14/h4-10,13,16,29H,11-12H2,1-3H3,(H,24,26)(H,25,30,31)/b15-9-,23-10+. The van der Waals surface area contributed by atoms with Crippen LogP contribution < -0.4 is 16.7 Å². The number of rotatable bonds is 9. The summed E-state index contributed by atoms with van der Waals surface area (Å²) in [6.45, 7) is 3.82. The van der Waals surface area contributed by atoms with Crippen molar-refractivity contribution in [2.24, 2.45) is 12.1 Å². The van der Waals surface area contributed by atoms with Gasteiger partial charge in [0.25, 0.3) is 5.56 Å². The van der Waals surface area contributed by atoms with E-state index in [0.29, 0.717) is 4.48 Å². The molecule has 3 rings (SSSR count). The topological polar surface area (TPSA) is 127 Å². The van der Waals surface area contributed by atoms with Crippen LogP contribution in [0.4, 0.5) is 5.95 Å². The van der Waals surface area contributed by atoms with Crippen molar-refractivity contribution in [1.82, 2.24) is 19.1 Å². The largest absolute Gasteiger partial charge is 0.389 e. The van der Waals surface area contributed by atoms with Crippen LogP contribution in [0.15, 0.2) is 49.5 Å². The van der Waals surface area contributed by atoms with Gasteiger partial charge in [-0.3, -0.25) is 14.3 Å². The van der Waals surface area contributed by atoms with Crippen LogP contribution in [0.1, 0.15) is 19.4 Å². The van der Waals surface area contributed by atoms with Crippen molar-refractivity contribution in [1.29, 1.82) is 0 Å². The molecule has 0 saturated heterocycles. The van der Waals surface area contributed by atoms with Crippen molar-refractivity contribution in [2.45, 2.75) is 32.6 Å². The molecule has 3 aromatic rings.